The molecular formula is C27H21N3O9S3. The van der Waals surface area contributed by atoms with Crippen molar-refractivity contribution in [3.8, 4) is 0 Å². The number of nitrogens with one attached hydrogen (secondary N) is 3. The van der Waals surface area contributed by atoms with Crippen molar-refractivity contribution in [1.29, 1.82) is 0 Å². The van der Waals surface area contributed by atoms with Gasteiger partial charge >= 0.3 is 6.03 Å². The van der Waals surface area contributed by atoms with Gasteiger partial charge in [-0.3, -0.25) is 13.8 Å². The minimum atomic E-state index is -4.43. The summed E-state index contributed by atoms with van der Waals surface area (Å²) in [6, 6.07) is 22.1. The second-order valence-electron chi connectivity index (χ2n) is 9.11. The van der Waals surface area contributed by atoms with Crippen LogP contribution >= 0.6 is 0 Å². The SMILES string of the molecule is O=C(Nc1ccc2ccc(S(=O)(=O)O)cc2c1)Nc1ccc2ccc(S(=O)(=O)Nc3ccc(S(=O)(=O)O)cc3)cc2c1. The first-order chi connectivity index (χ1) is 19.7. The highest BCUT2D eigenvalue weighted by molar-refractivity contribution is 7.92. The summed E-state index contributed by atoms with van der Waals surface area (Å²) in [6.07, 6.45) is 0. The van der Waals surface area contributed by atoms with Gasteiger partial charge in [0.15, 0.2) is 0 Å². The van der Waals surface area contributed by atoms with Gasteiger partial charge in [-0.25, -0.2) is 13.2 Å². The molecule has 0 aromatic heterocycles. The van der Waals surface area contributed by atoms with Gasteiger partial charge < -0.3 is 10.6 Å². The van der Waals surface area contributed by atoms with Crippen molar-refractivity contribution in [3.63, 3.8) is 0 Å². The van der Waals surface area contributed by atoms with Gasteiger partial charge in [0, 0.05) is 17.1 Å². The molecule has 0 aliphatic heterocycles. The minimum absolute atomic E-state index is 0.0810. The number of fused-ring (bicyclic) bond motifs is 2. The Kier molecular flexibility index (Phi) is 7.38. The Bertz CT molecular complexity index is 2200. The smallest absolute Gasteiger partial charge is 0.308 e. The van der Waals surface area contributed by atoms with E-state index in [9.17, 15) is 34.6 Å². The van der Waals surface area contributed by atoms with Crippen LogP contribution in [0.2, 0.25) is 0 Å². The maximum Gasteiger partial charge on any atom is 0.323 e. The Balaban J connectivity index is 1.33. The number of rotatable bonds is 7. The lowest BCUT2D eigenvalue weighted by atomic mass is 10.1. The third kappa shape index (κ3) is 6.50. The molecule has 0 fully saturated rings. The summed E-state index contributed by atoms with van der Waals surface area (Å²) in [6.45, 7) is 0. The summed E-state index contributed by atoms with van der Waals surface area (Å²) in [5.41, 5.74) is 0.799. The normalized spacial score (nSPS) is 12.2. The standard InChI is InChI=1S/C27H21N3O9S3/c31-27(29-23-6-2-18-4-10-26(42(37,38)39)16-20(18)14-23)28-22-5-1-17-3-9-25(15-19(17)13-22)40(32,33)30-21-7-11-24(12-8-21)41(34,35)36/h1-16,30H,(H2,28,29,31)(H,34,35,36)(H,37,38,39). The Morgan fingerprint density at radius 2 is 0.881 bits per heavy atom. The van der Waals surface area contributed by atoms with Gasteiger partial charge in [0.05, 0.1) is 14.7 Å². The minimum Gasteiger partial charge on any atom is -0.308 e. The molecule has 5 rings (SSSR count). The number of urea groups is 1. The first-order valence-corrected chi connectivity index (χ1v) is 16.3. The zero-order valence-corrected chi connectivity index (χ0v) is 23.7. The van der Waals surface area contributed by atoms with Crippen LogP contribution in [0.1, 0.15) is 0 Å². The predicted molar refractivity (Wildman–Crippen MR) is 157 cm³/mol. The summed E-state index contributed by atoms with van der Waals surface area (Å²) in [7, 11) is -12.9. The van der Waals surface area contributed by atoms with Crippen LogP contribution < -0.4 is 15.4 Å². The highest BCUT2D eigenvalue weighted by Crippen LogP contribution is 2.26. The van der Waals surface area contributed by atoms with Gasteiger partial charge in [-0.2, -0.15) is 16.8 Å². The monoisotopic (exact) mass is 627 g/mol. The van der Waals surface area contributed by atoms with Crippen molar-refractivity contribution in [1.82, 2.24) is 0 Å². The molecule has 0 aliphatic rings. The van der Waals surface area contributed by atoms with Crippen molar-refractivity contribution in [2.75, 3.05) is 15.4 Å². The first kappa shape index (κ1) is 29.0. The fraction of sp³-hybridized carbons (Fsp3) is 0. The molecular weight excluding hydrogens is 607 g/mol. The molecule has 12 nitrogen and oxygen atoms in total. The zero-order valence-electron chi connectivity index (χ0n) is 21.2. The lowest BCUT2D eigenvalue weighted by Gasteiger charge is -2.11. The lowest BCUT2D eigenvalue weighted by Crippen LogP contribution is -2.19. The molecule has 0 saturated heterocycles. The molecule has 5 N–H and O–H groups in total. The van der Waals surface area contributed by atoms with Crippen LogP contribution in [0.3, 0.4) is 0 Å². The molecule has 216 valence electrons. The van der Waals surface area contributed by atoms with E-state index in [1.807, 2.05) is 0 Å². The van der Waals surface area contributed by atoms with E-state index in [1.165, 1.54) is 42.5 Å². The maximum atomic E-state index is 13.0. The summed E-state index contributed by atoms with van der Waals surface area (Å²) in [5.74, 6) is 0. The van der Waals surface area contributed by atoms with Gasteiger partial charge in [0.2, 0.25) is 0 Å². The van der Waals surface area contributed by atoms with Crippen LogP contribution in [0, 0.1) is 0 Å². The molecule has 0 aliphatic carbocycles. The van der Waals surface area contributed by atoms with Crippen LogP contribution in [0.15, 0.2) is 112 Å². The van der Waals surface area contributed by atoms with Gasteiger partial charge in [-0.15, -0.1) is 0 Å². The van der Waals surface area contributed by atoms with Crippen molar-refractivity contribution in [3.05, 3.63) is 97.1 Å². The highest BCUT2D eigenvalue weighted by Gasteiger charge is 2.17. The number of amides is 2. The molecule has 42 heavy (non-hydrogen) atoms. The van der Waals surface area contributed by atoms with E-state index >= 15 is 0 Å². The average molecular weight is 628 g/mol. The molecule has 0 radical (unpaired) electrons. The molecule has 0 heterocycles. The Morgan fingerprint density at radius 3 is 1.38 bits per heavy atom. The molecule has 5 aromatic carbocycles. The topological polar surface area (TPSA) is 196 Å². The largest absolute Gasteiger partial charge is 0.323 e. The van der Waals surface area contributed by atoms with E-state index in [2.05, 4.69) is 15.4 Å². The molecule has 0 bridgehead atoms. The van der Waals surface area contributed by atoms with Crippen LogP contribution in [0.25, 0.3) is 21.5 Å². The third-order valence-electron chi connectivity index (χ3n) is 6.15. The molecule has 0 unspecified atom stereocenters. The summed E-state index contributed by atoms with van der Waals surface area (Å²) in [4.78, 5) is 11.9. The van der Waals surface area contributed by atoms with Crippen LogP contribution in [0.5, 0.6) is 0 Å². The number of carbonyl (C=O) groups is 1. The summed E-state index contributed by atoms with van der Waals surface area (Å²) >= 11 is 0. The highest BCUT2D eigenvalue weighted by atomic mass is 32.2. The van der Waals surface area contributed by atoms with Gasteiger partial charge in [-0.05, 0) is 94.3 Å². The van der Waals surface area contributed by atoms with Crippen molar-refractivity contribution >= 4 is 74.9 Å². The number of hydrogen-bond donors (Lipinski definition) is 5. The molecule has 2 amide bonds. The summed E-state index contributed by atoms with van der Waals surface area (Å²) in [5, 5.41) is 7.67. The van der Waals surface area contributed by atoms with Crippen LogP contribution in [0.4, 0.5) is 21.9 Å². The Labute approximate surface area is 240 Å². The number of benzene rings is 5. The predicted octanol–water partition coefficient (Wildman–Crippen LogP) is 4.93. The third-order valence-corrected chi connectivity index (χ3v) is 9.25. The maximum absolute atomic E-state index is 13.0. The van der Waals surface area contributed by atoms with E-state index in [4.69, 9.17) is 4.55 Å². The van der Waals surface area contributed by atoms with E-state index in [0.29, 0.717) is 32.9 Å². The molecule has 5 aromatic rings. The summed E-state index contributed by atoms with van der Waals surface area (Å²) < 4.78 is 92.0. The lowest BCUT2D eigenvalue weighted by molar-refractivity contribution is 0.262. The van der Waals surface area contributed by atoms with Gasteiger partial charge in [-0.1, -0.05) is 24.3 Å². The van der Waals surface area contributed by atoms with Crippen LogP contribution in [-0.4, -0.2) is 40.4 Å². The zero-order chi connectivity index (χ0) is 30.3. The molecule has 0 atom stereocenters. The number of carbonyl (C=O) groups excluding carboxylic acids is 1. The number of anilines is 3. The average Bonchev–Trinajstić information content (AvgIpc) is 2.91. The fourth-order valence-electron chi connectivity index (χ4n) is 4.14. The Morgan fingerprint density at radius 1 is 0.476 bits per heavy atom. The van der Waals surface area contributed by atoms with Crippen molar-refractivity contribution in [2.24, 2.45) is 0 Å². The second kappa shape index (κ2) is 10.7. The second-order valence-corrected chi connectivity index (χ2v) is 13.6. The number of sulfonamides is 1. The van der Waals surface area contributed by atoms with E-state index < -0.39 is 36.3 Å². The van der Waals surface area contributed by atoms with E-state index in [-0.39, 0.29) is 20.4 Å². The number of hydrogen-bond acceptors (Lipinski definition) is 7. The quantitative estimate of drug-likeness (QED) is 0.155. The van der Waals surface area contributed by atoms with Gasteiger partial charge in [0.25, 0.3) is 30.3 Å². The molecule has 0 spiro atoms. The van der Waals surface area contributed by atoms with E-state index in [1.54, 1.807) is 42.5 Å². The van der Waals surface area contributed by atoms with Crippen molar-refractivity contribution < 1.29 is 39.2 Å². The molecule has 15 heteroatoms. The first-order valence-electron chi connectivity index (χ1n) is 11.9. The molecule has 0 saturated carbocycles. The van der Waals surface area contributed by atoms with E-state index in [0.717, 1.165) is 12.1 Å². The van der Waals surface area contributed by atoms with Crippen LogP contribution in [-0.2, 0) is 30.3 Å². The van der Waals surface area contributed by atoms with Gasteiger partial charge in [0.1, 0.15) is 0 Å². The Hall–Kier alpha value is -4.54. The fourth-order valence-corrected chi connectivity index (χ4v) is 6.22. The van der Waals surface area contributed by atoms with Crippen molar-refractivity contribution in [2.45, 2.75) is 14.7 Å².